The number of hydrogen-bond donors (Lipinski definition) is 2. The highest BCUT2D eigenvalue weighted by molar-refractivity contribution is 9.10. The van der Waals surface area contributed by atoms with Gasteiger partial charge in [0.2, 0.25) is 0 Å². The third-order valence-electron chi connectivity index (χ3n) is 3.86. The Kier molecular flexibility index (Phi) is 6.42. The Morgan fingerprint density at radius 1 is 1.35 bits per heavy atom. The molecule has 2 rings (SSSR count). The fraction of sp³-hybridized carbons (Fsp3) is 0.389. The Morgan fingerprint density at radius 2 is 2.04 bits per heavy atom. The number of urea groups is 1. The number of carbonyl (C=O) groups is 3. The summed E-state index contributed by atoms with van der Waals surface area (Å²) in [5.41, 5.74) is 1.73. The number of carbonyl (C=O) groups excluding carboxylic acids is 3. The van der Waals surface area contributed by atoms with E-state index in [0.29, 0.717) is 27.1 Å². The molecule has 2 amide bonds. The first-order chi connectivity index (χ1) is 12.2. The van der Waals surface area contributed by atoms with Crippen LogP contribution in [-0.2, 0) is 14.3 Å². The van der Waals surface area contributed by atoms with E-state index in [4.69, 9.17) is 9.47 Å². The number of esters is 1. The van der Waals surface area contributed by atoms with Crippen molar-refractivity contribution in [2.75, 3.05) is 6.61 Å². The lowest BCUT2D eigenvalue weighted by atomic mass is 9.93. The molecule has 1 aliphatic rings. The molecule has 2 atom stereocenters. The smallest absolute Gasteiger partial charge is 0.347 e. The summed E-state index contributed by atoms with van der Waals surface area (Å²) < 4.78 is 11.1. The van der Waals surface area contributed by atoms with Crippen LogP contribution in [0.4, 0.5) is 4.79 Å². The Bertz CT molecular complexity index is 775. The lowest BCUT2D eigenvalue weighted by Crippen LogP contribution is -2.44. The van der Waals surface area contributed by atoms with Gasteiger partial charge in [-0.25, -0.2) is 9.59 Å². The summed E-state index contributed by atoms with van der Waals surface area (Å²) in [6, 6.07) is 4.24. The molecule has 0 saturated heterocycles. The van der Waals surface area contributed by atoms with Gasteiger partial charge in [-0.1, -0.05) is 6.07 Å². The maximum absolute atomic E-state index is 12.0. The second-order valence-electron chi connectivity index (χ2n) is 5.83. The molecule has 0 radical (unpaired) electrons. The quantitative estimate of drug-likeness (QED) is 0.684. The molecule has 0 unspecified atom stereocenters. The minimum absolute atomic E-state index is 0.132. The zero-order valence-corrected chi connectivity index (χ0v) is 16.6. The van der Waals surface area contributed by atoms with Crippen molar-refractivity contribution in [3.8, 4) is 5.75 Å². The lowest BCUT2D eigenvalue weighted by Gasteiger charge is -2.28. The molecule has 1 aromatic rings. The summed E-state index contributed by atoms with van der Waals surface area (Å²) in [6.07, 6.45) is -0.759. The first-order valence-electron chi connectivity index (χ1n) is 8.16. The topological polar surface area (TPSA) is 93.7 Å². The Hall–Kier alpha value is -2.35. The third-order valence-corrected chi connectivity index (χ3v) is 4.48. The highest BCUT2D eigenvalue weighted by atomic mass is 79.9. The van der Waals surface area contributed by atoms with Crippen molar-refractivity contribution in [1.29, 1.82) is 0 Å². The SMILES string of the molecule is CCOC(=O)[C@@H](C)Oc1ccc([C@H]2NC(=O)NC(C)=C2C(C)=O)cc1Br. The number of ketones is 1. The number of Topliss-reactive ketones (excluding diaryl/α,β-unsaturated/α-hetero) is 1. The second kappa shape index (κ2) is 8.35. The molecule has 26 heavy (non-hydrogen) atoms. The molecule has 0 bridgehead atoms. The second-order valence-corrected chi connectivity index (χ2v) is 6.68. The zero-order chi connectivity index (χ0) is 19.4. The number of rotatable bonds is 6. The average Bonchev–Trinajstić information content (AvgIpc) is 2.55. The van der Waals surface area contributed by atoms with E-state index in [1.54, 1.807) is 39.0 Å². The van der Waals surface area contributed by atoms with E-state index in [2.05, 4.69) is 26.6 Å². The zero-order valence-electron chi connectivity index (χ0n) is 15.0. The highest BCUT2D eigenvalue weighted by Gasteiger charge is 2.29. The van der Waals surface area contributed by atoms with Gasteiger partial charge in [0, 0.05) is 11.3 Å². The molecule has 1 aromatic carbocycles. The number of benzene rings is 1. The van der Waals surface area contributed by atoms with Gasteiger partial charge >= 0.3 is 12.0 Å². The third kappa shape index (κ3) is 4.43. The van der Waals surface area contributed by atoms with E-state index < -0.39 is 18.1 Å². The first-order valence-corrected chi connectivity index (χ1v) is 8.95. The minimum Gasteiger partial charge on any atom is -0.478 e. The summed E-state index contributed by atoms with van der Waals surface area (Å²) in [6.45, 7) is 6.76. The van der Waals surface area contributed by atoms with Crippen molar-refractivity contribution in [1.82, 2.24) is 10.6 Å². The van der Waals surface area contributed by atoms with Crippen LogP contribution in [0.5, 0.6) is 5.75 Å². The molecular weight excluding hydrogens is 404 g/mol. The van der Waals surface area contributed by atoms with E-state index in [9.17, 15) is 14.4 Å². The van der Waals surface area contributed by atoms with Crippen LogP contribution in [0.25, 0.3) is 0 Å². The minimum atomic E-state index is -0.759. The molecule has 0 spiro atoms. The van der Waals surface area contributed by atoms with Crippen LogP contribution in [0.3, 0.4) is 0 Å². The number of halogens is 1. The van der Waals surface area contributed by atoms with Crippen LogP contribution in [0.15, 0.2) is 33.9 Å². The first kappa shape index (κ1) is 20.0. The highest BCUT2D eigenvalue weighted by Crippen LogP contribution is 2.33. The van der Waals surface area contributed by atoms with Gasteiger partial charge < -0.3 is 20.1 Å². The van der Waals surface area contributed by atoms with Crippen molar-refractivity contribution in [3.05, 3.63) is 39.5 Å². The van der Waals surface area contributed by atoms with Crippen molar-refractivity contribution >= 4 is 33.7 Å². The molecule has 0 aromatic heterocycles. The van der Waals surface area contributed by atoms with E-state index in [-0.39, 0.29) is 18.4 Å². The van der Waals surface area contributed by atoms with E-state index in [1.165, 1.54) is 6.92 Å². The average molecular weight is 425 g/mol. The largest absolute Gasteiger partial charge is 0.478 e. The van der Waals surface area contributed by atoms with E-state index in [1.807, 2.05) is 0 Å². The Labute approximate surface area is 160 Å². The van der Waals surface area contributed by atoms with Gasteiger partial charge in [0.25, 0.3) is 0 Å². The molecule has 8 heteroatoms. The summed E-state index contributed by atoms with van der Waals surface area (Å²) in [5, 5.41) is 5.36. The van der Waals surface area contributed by atoms with Gasteiger partial charge in [-0.3, -0.25) is 4.79 Å². The van der Waals surface area contributed by atoms with Gasteiger partial charge in [-0.15, -0.1) is 0 Å². The van der Waals surface area contributed by atoms with Gasteiger partial charge in [-0.2, -0.15) is 0 Å². The molecule has 2 N–H and O–H groups in total. The lowest BCUT2D eigenvalue weighted by molar-refractivity contribution is -0.150. The summed E-state index contributed by atoms with van der Waals surface area (Å²) >= 11 is 3.41. The van der Waals surface area contributed by atoms with Crippen molar-refractivity contribution in [3.63, 3.8) is 0 Å². The van der Waals surface area contributed by atoms with Crippen LogP contribution in [0.2, 0.25) is 0 Å². The molecule has 0 aliphatic carbocycles. The monoisotopic (exact) mass is 424 g/mol. The van der Waals surface area contributed by atoms with Crippen molar-refractivity contribution in [2.24, 2.45) is 0 Å². The maximum atomic E-state index is 12.0. The van der Waals surface area contributed by atoms with Crippen LogP contribution < -0.4 is 15.4 Å². The predicted octanol–water partition coefficient (Wildman–Crippen LogP) is 3.00. The normalized spacial score (nSPS) is 17.9. The molecule has 0 saturated carbocycles. The summed E-state index contributed by atoms with van der Waals surface area (Å²) in [5.74, 6) is -0.126. The van der Waals surface area contributed by atoms with Crippen molar-refractivity contribution in [2.45, 2.75) is 39.8 Å². The molecule has 140 valence electrons. The number of allylic oxidation sites excluding steroid dienone is 1. The number of hydrogen-bond acceptors (Lipinski definition) is 5. The number of ether oxygens (including phenoxy) is 2. The summed E-state index contributed by atoms with van der Waals surface area (Å²) in [7, 11) is 0. The Morgan fingerprint density at radius 3 is 2.62 bits per heavy atom. The van der Waals surface area contributed by atoms with E-state index in [0.717, 1.165) is 0 Å². The number of nitrogens with one attached hydrogen (secondary N) is 2. The molecule has 1 heterocycles. The van der Waals surface area contributed by atoms with Crippen LogP contribution >= 0.6 is 15.9 Å². The van der Waals surface area contributed by atoms with Gasteiger partial charge in [0.15, 0.2) is 11.9 Å². The van der Waals surface area contributed by atoms with Gasteiger partial charge in [0.05, 0.1) is 17.1 Å². The molecule has 7 nitrogen and oxygen atoms in total. The summed E-state index contributed by atoms with van der Waals surface area (Å²) in [4.78, 5) is 35.5. The predicted molar refractivity (Wildman–Crippen MR) is 98.7 cm³/mol. The van der Waals surface area contributed by atoms with Crippen molar-refractivity contribution < 1.29 is 23.9 Å². The molecule has 0 fully saturated rings. The Balaban J connectivity index is 2.28. The standard InChI is InChI=1S/C18H21BrN2O5/c1-5-25-17(23)11(4)26-14-7-6-12(8-13(14)19)16-15(10(3)22)9(2)20-18(24)21-16/h6-8,11,16H,5H2,1-4H3,(H2,20,21,24)/t11-,16-/m1/s1. The fourth-order valence-corrected chi connectivity index (χ4v) is 3.19. The fourth-order valence-electron chi connectivity index (χ4n) is 2.70. The number of amides is 2. The maximum Gasteiger partial charge on any atom is 0.347 e. The molecule has 1 aliphatic heterocycles. The van der Waals surface area contributed by atoms with Crippen LogP contribution in [-0.4, -0.2) is 30.5 Å². The molecular formula is C18H21BrN2O5. The van der Waals surface area contributed by atoms with Gasteiger partial charge in [0.1, 0.15) is 5.75 Å². The van der Waals surface area contributed by atoms with E-state index >= 15 is 0 Å². The van der Waals surface area contributed by atoms with Gasteiger partial charge in [-0.05, 0) is 61.3 Å². The van der Waals surface area contributed by atoms with Crippen LogP contribution in [0, 0.1) is 0 Å². The van der Waals surface area contributed by atoms with Crippen LogP contribution in [0.1, 0.15) is 39.3 Å².